The third-order valence-corrected chi connectivity index (χ3v) is 1.89. The number of ether oxygens (including phenoxy) is 1. The summed E-state index contributed by atoms with van der Waals surface area (Å²) < 4.78 is 5.39. The van der Waals surface area contributed by atoms with Crippen molar-refractivity contribution in [2.24, 2.45) is 0 Å². The third-order valence-electron chi connectivity index (χ3n) is 1.89. The van der Waals surface area contributed by atoms with Crippen molar-refractivity contribution in [3.63, 3.8) is 0 Å². The molecule has 12 heavy (non-hydrogen) atoms. The minimum Gasteiger partial charge on any atom is -0.395 e. The topological polar surface area (TPSA) is 32.7 Å². The van der Waals surface area contributed by atoms with Crippen LogP contribution in [0.4, 0.5) is 0 Å². The molecule has 3 nitrogen and oxygen atoms in total. The Labute approximate surface area is 75.3 Å². The molecule has 0 saturated heterocycles. The predicted molar refractivity (Wildman–Crippen MR) is 50.3 cm³/mol. The molecule has 0 aliphatic rings. The molecule has 0 amide bonds. The summed E-state index contributed by atoms with van der Waals surface area (Å²) in [4.78, 5) is 1.98. The van der Waals surface area contributed by atoms with Gasteiger partial charge < -0.3 is 14.7 Å². The minimum absolute atomic E-state index is 0.141. The van der Waals surface area contributed by atoms with Gasteiger partial charge in [0.15, 0.2) is 0 Å². The van der Waals surface area contributed by atoms with Crippen LogP contribution in [0.1, 0.15) is 19.8 Å². The molecule has 0 aromatic rings. The van der Waals surface area contributed by atoms with Crippen molar-refractivity contribution in [2.75, 3.05) is 33.9 Å². The zero-order chi connectivity index (χ0) is 9.40. The molecule has 0 radical (unpaired) electrons. The van der Waals surface area contributed by atoms with E-state index in [0.29, 0.717) is 6.61 Å². The van der Waals surface area contributed by atoms with Gasteiger partial charge >= 0.3 is 0 Å². The van der Waals surface area contributed by atoms with Crippen molar-refractivity contribution in [3.05, 3.63) is 0 Å². The van der Waals surface area contributed by atoms with Crippen LogP contribution in [0.15, 0.2) is 0 Å². The van der Waals surface area contributed by atoms with Crippen LogP contribution >= 0.6 is 0 Å². The summed E-state index contributed by atoms with van der Waals surface area (Å²) in [5.41, 5.74) is 0. The molecule has 1 N–H and O–H groups in total. The van der Waals surface area contributed by atoms with Crippen molar-refractivity contribution >= 4 is 0 Å². The van der Waals surface area contributed by atoms with E-state index in [-0.39, 0.29) is 12.6 Å². The molecule has 0 aromatic carbocycles. The van der Waals surface area contributed by atoms with E-state index in [1.165, 1.54) is 0 Å². The molecule has 0 rings (SSSR count). The maximum Gasteiger partial charge on any atom is 0.0644 e. The van der Waals surface area contributed by atoms with Crippen molar-refractivity contribution in [1.29, 1.82) is 0 Å². The van der Waals surface area contributed by atoms with Gasteiger partial charge in [-0.2, -0.15) is 0 Å². The summed E-state index contributed by atoms with van der Waals surface area (Å²) in [7, 11) is 3.90. The second-order valence-corrected chi connectivity index (χ2v) is 3.23. The van der Waals surface area contributed by atoms with Crippen LogP contribution in [0, 0.1) is 0 Å². The van der Waals surface area contributed by atoms with Crippen LogP contribution in [0.2, 0.25) is 0 Å². The molecule has 74 valence electrons. The number of hydrogen-bond acceptors (Lipinski definition) is 3. The van der Waals surface area contributed by atoms with Gasteiger partial charge in [0.2, 0.25) is 0 Å². The number of rotatable bonds is 7. The largest absolute Gasteiger partial charge is 0.395 e. The first-order chi connectivity index (χ1) is 5.72. The lowest BCUT2D eigenvalue weighted by atomic mass is 10.3. The minimum atomic E-state index is 0.141. The first-order valence-electron chi connectivity index (χ1n) is 4.57. The summed E-state index contributed by atoms with van der Waals surface area (Å²) in [6, 6.07) is 0.141. The zero-order valence-corrected chi connectivity index (χ0v) is 8.42. The predicted octanol–water partition coefficient (Wildman–Crippen LogP) is 0.726. The second-order valence-electron chi connectivity index (χ2n) is 3.23. The molecule has 1 atom stereocenters. The maximum atomic E-state index is 8.93. The van der Waals surface area contributed by atoms with E-state index in [1.54, 1.807) is 0 Å². The van der Waals surface area contributed by atoms with Gasteiger partial charge in [0.25, 0.3) is 0 Å². The fraction of sp³-hybridized carbons (Fsp3) is 1.00. The highest BCUT2D eigenvalue weighted by molar-refractivity contribution is 4.62. The van der Waals surface area contributed by atoms with E-state index in [0.717, 1.165) is 19.4 Å². The van der Waals surface area contributed by atoms with Crippen LogP contribution in [0.3, 0.4) is 0 Å². The van der Waals surface area contributed by atoms with Crippen molar-refractivity contribution in [3.8, 4) is 0 Å². The maximum absolute atomic E-state index is 8.93. The summed E-state index contributed by atoms with van der Waals surface area (Å²) in [5.74, 6) is 0. The Balaban J connectivity index is 3.32. The molecule has 3 heteroatoms. The SMILES string of the molecule is CCCCOC[C@H](CO)N(C)C. The molecular formula is C9H21NO2. The molecule has 0 heterocycles. The Kier molecular flexibility index (Phi) is 7.45. The number of aliphatic hydroxyl groups excluding tert-OH is 1. The highest BCUT2D eigenvalue weighted by Crippen LogP contribution is 1.95. The number of aliphatic hydroxyl groups is 1. The zero-order valence-electron chi connectivity index (χ0n) is 8.42. The van der Waals surface area contributed by atoms with Crippen LogP contribution in [-0.4, -0.2) is 50.0 Å². The summed E-state index contributed by atoms with van der Waals surface area (Å²) in [6.45, 7) is 3.74. The normalized spacial score (nSPS) is 13.8. The number of hydrogen-bond donors (Lipinski definition) is 1. The van der Waals surface area contributed by atoms with E-state index >= 15 is 0 Å². The van der Waals surface area contributed by atoms with Gasteiger partial charge in [0, 0.05) is 6.61 Å². The summed E-state index contributed by atoms with van der Waals surface area (Å²) in [5, 5.41) is 8.93. The lowest BCUT2D eigenvalue weighted by Gasteiger charge is -2.21. The highest BCUT2D eigenvalue weighted by atomic mass is 16.5. The third kappa shape index (κ3) is 5.52. The Bertz CT molecular complexity index is 96.5. The Morgan fingerprint density at radius 3 is 2.50 bits per heavy atom. The van der Waals surface area contributed by atoms with E-state index in [9.17, 15) is 0 Å². The van der Waals surface area contributed by atoms with Crippen molar-refractivity contribution in [2.45, 2.75) is 25.8 Å². The molecule has 0 fully saturated rings. The number of unbranched alkanes of at least 4 members (excludes halogenated alkanes) is 1. The number of likely N-dealkylation sites (N-methyl/N-ethyl adjacent to an activating group) is 1. The van der Waals surface area contributed by atoms with Crippen molar-refractivity contribution in [1.82, 2.24) is 4.90 Å². The van der Waals surface area contributed by atoms with Crippen LogP contribution in [0.5, 0.6) is 0 Å². The lowest BCUT2D eigenvalue weighted by molar-refractivity contribution is 0.0503. The molecule has 0 aliphatic heterocycles. The van der Waals surface area contributed by atoms with Crippen molar-refractivity contribution < 1.29 is 9.84 Å². The van der Waals surface area contributed by atoms with Gasteiger partial charge in [-0.1, -0.05) is 13.3 Å². The van der Waals surface area contributed by atoms with Gasteiger partial charge in [0.05, 0.1) is 19.3 Å². The molecule has 0 aromatic heterocycles. The summed E-state index contributed by atoms with van der Waals surface area (Å²) >= 11 is 0. The fourth-order valence-corrected chi connectivity index (χ4v) is 0.831. The van der Waals surface area contributed by atoms with Gasteiger partial charge in [0.1, 0.15) is 0 Å². The second kappa shape index (κ2) is 7.53. The highest BCUT2D eigenvalue weighted by Gasteiger charge is 2.08. The monoisotopic (exact) mass is 175 g/mol. The van der Waals surface area contributed by atoms with Crippen LogP contribution < -0.4 is 0 Å². The standard InChI is InChI=1S/C9H21NO2/c1-4-5-6-12-8-9(7-11)10(2)3/h9,11H,4-8H2,1-3H3/t9-/m0/s1. The van der Waals surface area contributed by atoms with Gasteiger partial charge in [-0.15, -0.1) is 0 Å². The van der Waals surface area contributed by atoms with E-state index < -0.39 is 0 Å². The van der Waals surface area contributed by atoms with Crippen LogP contribution in [-0.2, 0) is 4.74 Å². The molecule has 0 spiro atoms. The Morgan fingerprint density at radius 2 is 2.08 bits per heavy atom. The lowest BCUT2D eigenvalue weighted by Crippen LogP contribution is -2.35. The van der Waals surface area contributed by atoms with E-state index in [4.69, 9.17) is 9.84 Å². The Hall–Kier alpha value is -0.120. The van der Waals surface area contributed by atoms with Crippen LogP contribution in [0.25, 0.3) is 0 Å². The molecular weight excluding hydrogens is 154 g/mol. The Morgan fingerprint density at radius 1 is 1.42 bits per heavy atom. The molecule has 0 bridgehead atoms. The quantitative estimate of drug-likeness (QED) is 0.579. The molecule has 0 unspecified atom stereocenters. The molecule has 0 aliphatic carbocycles. The van der Waals surface area contributed by atoms with E-state index in [1.807, 2.05) is 19.0 Å². The van der Waals surface area contributed by atoms with Gasteiger partial charge in [-0.05, 0) is 20.5 Å². The fourth-order valence-electron chi connectivity index (χ4n) is 0.831. The van der Waals surface area contributed by atoms with Gasteiger partial charge in [-0.25, -0.2) is 0 Å². The average molecular weight is 175 g/mol. The smallest absolute Gasteiger partial charge is 0.0644 e. The number of nitrogens with zero attached hydrogens (tertiary/aromatic N) is 1. The molecule has 0 saturated carbocycles. The first kappa shape index (κ1) is 11.9. The first-order valence-corrected chi connectivity index (χ1v) is 4.57. The average Bonchev–Trinajstić information content (AvgIpc) is 2.04. The van der Waals surface area contributed by atoms with Gasteiger partial charge in [-0.3, -0.25) is 0 Å². The summed E-state index contributed by atoms with van der Waals surface area (Å²) in [6.07, 6.45) is 2.26. The van der Waals surface area contributed by atoms with E-state index in [2.05, 4.69) is 6.92 Å².